The second-order valence-corrected chi connectivity index (χ2v) is 8.24. The van der Waals surface area contributed by atoms with Crippen molar-refractivity contribution in [1.29, 1.82) is 0 Å². The number of hydrogen-bond donors (Lipinski definition) is 1. The van der Waals surface area contributed by atoms with Gasteiger partial charge in [0.1, 0.15) is 6.04 Å². The van der Waals surface area contributed by atoms with Gasteiger partial charge in [0.2, 0.25) is 5.91 Å². The van der Waals surface area contributed by atoms with Crippen LogP contribution < -0.4 is 5.32 Å². The molecule has 0 bridgehead atoms. The Morgan fingerprint density at radius 2 is 1.79 bits per heavy atom. The molecule has 0 saturated carbocycles. The number of para-hydroxylation sites is 1. The maximum Gasteiger partial charge on any atom is 0.255 e. The smallest absolute Gasteiger partial charge is 0.255 e. The molecule has 0 aliphatic carbocycles. The maximum absolute atomic E-state index is 13.2. The number of carbonyl (C=O) groups excluding carboxylic acids is 2. The number of hydrogen-bond acceptors (Lipinski definition) is 3. The molecule has 0 saturated heterocycles. The van der Waals surface area contributed by atoms with Gasteiger partial charge in [0.25, 0.3) is 5.91 Å². The average Bonchev–Trinajstić information content (AvgIpc) is 3.29. The van der Waals surface area contributed by atoms with E-state index in [2.05, 4.69) is 10.4 Å². The maximum atomic E-state index is 13.2. The number of benzene rings is 2. The van der Waals surface area contributed by atoms with Gasteiger partial charge in [-0.25, -0.2) is 4.68 Å². The molecule has 4 rings (SSSR count). The van der Waals surface area contributed by atoms with Crippen molar-refractivity contribution in [3.8, 4) is 5.69 Å². The second-order valence-electron chi connectivity index (χ2n) is 8.24. The molecule has 6 heteroatoms. The van der Waals surface area contributed by atoms with Gasteiger partial charge in [-0.2, -0.15) is 5.10 Å². The fourth-order valence-corrected chi connectivity index (χ4v) is 3.72. The molecule has 1 aliphatic rings. The van der Waals surface area contributed by atoms with E-state index in [9.17, 15) is 9.59 Å². The summed E-state index contributed by atoms with van der Waals surface area (Å²) in [7, 11) is 0. The first-order valence-electron chi connectivity index (χ1n) is 9.65. The Hall–Kier alpha value is -3.41. The minimum atomic E-state index is -0.663. The van der Waals surface area contributed by atoms with Crippen molar-refractivity contribution in [2.24, 2.45) is 0 Å². The van der Waals surface area contributed by atoms with Crippen LogP contribution in [-0.4, -0.2) is 32.0 Å². The lowest BCUT2D eigenvalue weighted by Crippen LogP contribution is -2.46. The molecule has 1 aliphatic heterocycles. The molecule has 0 fully saturated rings. The molecule has 6 nitrogen and oxygen atoms in total. The summed E-state index contributed by atoms with van der Waals surface area (Å²) in [6.07, 6.45) is 3.58. The summed E-state index contributed by atoms with van der Waals surface area (Å²) in [6.45, 7) is 6.12. The first-order valence-corrected chi connectivity index (χ1v) is 9.65. The zero-order chi connectivity index (χ0) is 20.6. The van der Waals surface area contributed by atoms with Crippen molar-refractivity contribution >= 4 is 11.8 Å². The Morgan fingerprint density at radius 3 is 2.52 bits per heavy atom. The summed E-state index contributed by atoms with van der Waals surface area (Å²) in [4.78, 5) is 28.0. The first-order chi connectivity index (χ1) is 13.8. The fourth-order valence-electron chi connectivity index (χ4n) is 3.72. The molecule has 0 spiro atoms. The van der Waals surface area contributed by atoms with Crippen molar-refractivity contribution in [3.63, 3.8) is 0 Å². The lowest BCUT2D eigenvalue weighted by atomic mass is 10.0. The molecule has 3 aromatic rings. The Labute approximate surface area is 170 Å². The predicted octanol–water partition coefficient (Wildman–Crippen LogP) is 3.48. The molecule has 2 heterocycles. The van der Waals surface area contributed by atoms with E-state index in [1.807, 2.05) is 75.5 Å². The highest BCUT2D eigenvalue weighted by molar-refractivity contribution is 6.04. The summed E-state index contributed by atoms with van der Waals surface area (Å²) in [5.74, 6) is -0.308. The van der Waals surface area contributed by atoms with Crippen molar-refractivity contribution in [2.45, 2.75) is 38.9 Å². The van der Waals surface area contributed by atoms with Gasteiger partial charge in [0.15, 0.2) is 0 Å². The van der Waals surface area contributed by atoms with E-state index in [-0.39, 0.29) is 11.8 Å². The number of carbonyl (C=O) groups is 2. The van der Waals surface area contributed by atoms with Crippen molar-refractivity contribution in [1.82, 2.24) is 20.0 Å². The second kappa shape index (κ2) is 7.20. The van der Waals surface area contributed by atoms with Gasteiger partial charge in [-0.05, 0) is 50.1 Å². The SMILES string of the molecule is CC(C)(C)NC(=O)C1c2ccccc2C(=O)N1Cc1ccccc1-n1cccn1. The normalized spacial score (nSPS) is 16.0. The monoisotopic (exact) mass is 388 g/mol. The highest BCUT2D eigenvalue weighted by Crippen LogP contribution is 2.36. The van der Waals surface area contributed by atoms with Crippen LogP contribution in [0.1, 0.15) is 48.3 Å². The van der Waals surface area contributed by atoms with Crippen LogP contribution in [0.3, 0.4) is 0 Å². The zero-order valence-electron chi connectivity index (χ0n) is 16.8. The van der Waals surface area contributed by atoms with Gasteiger partial charge in [-0.3, -0.25) is 9.59 Å². The van der Waals surface area contributed by atoms with E-state index in [1.165, 1.54) is 0 Å². The Kier molecular flexibility index (Phi) is 4.70. The molecule has 29 heavy (non-hydrogen) atoms. The largest absolute Gasteiger partial charge is 0.349 e. The van der Waals surface area contributed by atoms with Gasteiger partial charge in [-0.15, -0.1) is 0 Å². The quantitative estimate of drug-likeness (QED) is 0.744. The third kappa shape index (κ3) is 3.66. The zero-order valence-corrected chi connectivity index (χ0v) is 16.8. The Bertz CT molecular complexity index is 1050. The number of aromatic nitrogens is 2. The van der Waals surface area contributed by atoms with Gasteiger partial charge in [0.05, 0.1) is 5.69 Å². The third-order valence-corrected chi connectivity index (χ3v) is 4.89. The molecule has 0 radical (unpaired) electrons. The predicted molar refractivity (Wildman–Crippen MR) is 111 cm³/mol. The van der Waals surface area contributed by atoms with Crippen LogP contribution in [0.15, 0.2) is 67.0 Å². The summed E-state index contributed by atoms with van der Waals surface area (Å²) < 4.78 is 1.77. The van der Waals surface area contributed by atoms with E-state index < -0.39 is 11.6 Å². The Balaban J connectivity index is 1.73. The van der Waals surface area contributed by atoms with E-state index in [4.69, 9.17) is 0 Å². The van der Waals surface area contributed by atoms with Gasteiger partial charge in [0, 0.05) is 30.0 Å². The van der Waals surface area contributed by atoms with Crippen LogP contribution in [0.2, 0.25) is 0 Å². The molecule has 1 aromatic heterocycles. The summed E-state index contributed by atoms with van der Waals surface area (Å²) in [5.41, 5.74) is 2.74. The van der Waals surface area contributed by atoms with E-state index in [0.717, 1.165) is 16.8 Å². The van der Waals surface area contributed by atoms with Crippen LogP contribution >= 0.6 is 0 Å². The molecule has 2 aromatic carbocycles. The molecule has 1 unspecified atom stereocenters. The fraction of sp³-hybridized carbons (Fsp3) is 0.261. The highest BCUT2D eigenvalue weighted by atomic mass is 16.2. The van der Waals surface area contributed by atoms with Crippen LogP contribution in [0.25, 0.3) is 5.69 Å². The lowest BCUT2D eigenvalue weighted by Gasteiger charge is -2.29. The standard InChI is InChI=1S/C23H24N4O2/c1-23(2,3)25-21(28)20-17-10-5-6-11-18(17)22(29)26(20)15-16-9-4-7-12-19(16)27-14-8-13-24-27/h4-14,20H,15H2,1-3H3,(H,25,28). The molecular formula is C23H24N4O2. The number of nitrogens with one attached hydrogen (secondary N) is 1. The number of fused-ring (bicyclic) bond motifs is 1. The highest BCUT2D eigenvalue weighted by Gasteiger charge is 2.41. The van der Waals surface area contributed by atoms with Crippen LogP contribution in [0, 0.1) is 0 Å². The lowest BCUT2D eigenvalue weighted by molar-refractivity contribution is -0.127. The summed E-state index contributed by atoms with van der Waals surface area (Å²) in [5, 5.41) is 7.35. The minimum absolute atomic E-state index is 0.134. The van der Waals surface area contributed by atoms with Gasteiger partial charge < -0.3 is 10.2 Å². The molecule has 2 amide bonds. The van der Waals surface area contributed by atoms with Crippen molar-refractivity contribution in [2.75, 3.05) is 0 Å². The van der Waals surface area contributed by atoms with E-state index in [1.54, 1.807) is 21.8 Å². The topological polar surface area (TPSA) is 67.2 Å². The van der Waals surface area contributed by atoms with Crippen LogP contribution in [-0.2, 0) is 11.3 Å². The molecule has 1 atom stereocenters. The minimum Gasteiger partial charge on any atom is -0.349 e. The van der Waals surface area contributed by atoms with Crippen LogP contribution in [0.5, 0.6) is 0 Å². The van der Waals surface area contributed by atoms with Gasteiger partial charge in [-0.1, -0.05) is 36.4 Å². The van der Waals surface area contributed by atoms with Crippen molar-refractivity contribution in [3.05, 3.63) is 83.7 Å². The van der Waals surface area contributed by atoms with E-state index in [0.29, 0.717) is 12.1 Å². The first kappa shape index (κ1) is 18.9. The third-order valence-electron chi connectivity index (χ3n) is 4.89. The molecular weight excluding hydrogens is 364 g/mol. The molecule has 148 valence electrons. The Morgan fingerprint density at radius 1 is 1.07 bits per heavy atom. The number of amides is 2. The molecule has 1 N–H and O–H groups in total. The van der Waals surface area contributed by atoms with Crippen LogP contribution in [0.4, 0.5) is 0 Å². The summed E-state index contributed by atoms with van der Waals surface area (Å²) in [6, 6.07) is 16.3. The van der Waals surface area contributed by atoms with E-state index >= 15 is 0 Å². The number of rotatable bonds is 4. The summed E-state index contributed by atoms with van der Waals surface area (Å²) >= 11 is 0. The number of nitrogens with zero attached hydrogens (tertiary/aromatic N) is 3. The average molecular weight is 388 g/mol. The van der Waals surface area contributed by atoms with Gasteiger partial charge >= 0.3 is 0 Å². The van der Waals surface area contributed by atoms with Crippen molar-refractivity contribution < 1.29 is 9.59 Å².